The van der Waals surface area contributed by atoms with Crippen molar-refractivity contribution in [2.75, 3.05) is 0 Å². The summed E-state index contributed by atoms with van der Waals surface area (Å²) >= 11 is 0. The van der Waals surface area contributed by atoms with E-state index in [1.807, 2.05) is 32.0 Å². The van der Waals surface area contributed by atoms with Crippen LogP contribution >= 0.6 is 0 Å². The van der Waals surface area contributed by atoms with Crippen LogP contribution in [0.15, 0.2) is 36.4 Å². The van der Waals surface area contributed by atoms with E-state index in [1.54, 1.807) is 0 Å². The van der Waals surface area contributed by atoms with Crippen molar-refractivity contribution in [1.29, 1.82) is 0 Å². The van der Waals surface area contributed by atoms with Gasteiger partial charge in [0.05, 0.1) is 6.04 Å². The average Bonchev–Trinajstić information content (AvgIpc) is 2.68. The van der Waals surface area contributed by atoms with E-state index in [0.717, 1.165) is 12.2 Å². The topological polar surface area (TPSA) is 38.3 Å². The van der Waals surface area contributed by atoms with E-state index < -0.39 is 6.10 Å². The lowest BCUT2D eigenvalue weighted by Gasteiger charge is -2.23. The van der Waals surface area contributed by atoms with Crippen molar-refractivity contribution in [2.24, 2.45) is 0 Å². The molecule has 1 aliphatic carbocycles. The molecule has 0 aromatic heterocycles. The maximum atomic E-state index is 12.8. The zero-order valence-corrected chi connectivity index (χ0v) is 17.0. The van der Waals surface area contributed by atoms with Gasteiger partial charge in [0.15, 0.2) is 6.10 Å². The van der Waals surface area contributed by atoms with Gasteiger partial charge in [-0.15, -0.1) is 0 Å². The summed E-state index contributed by atoms with van der Waals surface area (Å²) < 4.78 is 5.98. The molecule has 0 bridgehead atoms. The molecule has 0 unspecified atom stereocenters. The number of rotatable bonds is 6. The third kappa shape index (κ3) is 4.71. The highest BCUT2D eigenvalue weighted by molar-refractivity contribution is 5.81. The Balaban J connectivity index is 1.66. The first-order valence-corrected chi connectivity index (χ1v) is 10.1. The lowest BCUT2D eigenvalue weighted by Crippen LogP contribution is -2.39. The Morgan fingerprint density at radius 2 is 1.78 bits per heavy atom. The van der Waals surface area contributed by atoms with Gasteiger partial charge in [0, 0.05) is 0 Å². The second-order valence-electron chi connectivity index (χ2n) is 7.73. The van der Waals surface area contributed by atoms with Crippen LogP contribution in [0.2, 0.25) is 0 Å². The molecule has 1 aliphatic rings. The van der Waals surface area contributed by atoms with E-state index in [4.69, 9.17) is 4.74 Å². The maximum absolute atomic E-state index is 12.8. The van der Waals surface area contributed by atoms with Crippen molar-refractivity contribution in [3.63, 3.8) is 0 Å². The molecule has 1 N–H and O–H groups in total. The highest BCUT2D eigenvalue weighted by Gasteiger charge is 2.21. The van der Waals surface area contributed by atoms with Crippen LogP contribution in [-0.2, 0) is 17.6 Å². The van der Waals surface area contributed by atoms with Crippen LogP contribution in [0.4, 0.5) is 0 Å². The first kappa shape index (κ1) is 19.5. The van der Waals surface area contributed by atoms with Gasteiger partial charge in [-0.1, -0.05) is 31.2 Å². The number of aryl methyl sites for hydroxylation is 4. The molecule has 3 heteroatoms. The summed E-state index contributed by atoms with van der Waals surface area (Å²) in [4.78, 5) is 12.8. The van der Waals surface area contributed by atoms with Gasteiger partial charge in [-0.25, -0.2) is 0 Å². The lowest BCUT2D eigenvalue weighted by molar-refractivity contribution is -0.128. The van der Waals surface area contributed by atoms with E-state index in [1.165, 1.54) is 47.1 Å². The number of ether oxygens (including phenoxy) is 1. The van der Waals surface area contributed by atoms with E-state index in [0.29, 0.717) is 6.42 Å². The van der Waals surface area contributed by atoms with Gasteiger partial charge in [-0.2, -0.15) is 0 Å². The van der Waals surface area contributed by atoms with Gasteiger partial charge in [0.25, 0.3) is 5.91 Å². The molecule has 0 saturated heterocycles. The van der Waals surface area contributed by atoms with Crippen LogP contribution in [0.5, 0.6) is 5.75 Å². The molecule has 0 spiro atoms. The Bertz CT molecular complexity index is 812. The van der Waals surface area contributed by atoms with Crippen molar-refractivity contribution in [1.82, 2.24) is 5.32 Å². The zero-order valence-electron chi connectivity index (χ0n) is 17.0. The lowest BCUT2D eigenvalue weighted by atomic mass is 9.89. The summed E-state index contributed by atoms with van der Waals surface area (Å²) in [5.74, 6) is 0.697. The van der Waals surface area contributed by atoms with Crippen LogP contribution in [0.3, 0.4) is 0 Å². The summed E-state index contributed by atoms with van der Waals surface area (Å²) in [6, 6.07) is 12.6. The number of hydrogen-bond donors (Lipinski definition) is 1. The number of carbonyl (C=O) groups excluding carboxylic acids is 1. The van der Waals surface area contributed by atoms with E-state index >= 15 is 0 Å². The quantitative estimate of drug-likeness (QED) is 0.762. The Morgan fingerprint density at radius 1 is 1.04 bits per heavy atom. The number of carbonyl (C=O) groups is 1. The van der Waals surface area contributed by atoms with E-state index in [-0.39, 0.29) is 11.9 Å². The standard InChI is InChI=1S/C24H31NO2/c1-5-23(27-22-13-10-16(2)17(3)14-22)24(26)25-18(4)20-12-11-19-8-6-7-9-21(19)15-20/h10-15,18,23H,5-9H2,1-4H3,(H,25,26)/t18-,23+/m1/s1. The van der Waals surface area contributed by atoms with Crippen molar-refractivity contribution >= 4 is 5.91 Å². The van der Waals surface area contributed by atoms with E-state index in [9.17, 15) is 4.79 Å². The molecular formula is C24H31NO2. The van der Waals surface area contributed by atoms with Crippen LogP contribution in [0, 0.1) is 13.8 Å². The van der Waals surface area contributed by atoms with Crippen molar-refractivity contribution < 1.29 is 9.53 Å². The summed E-state index contributed by atoms with van der Waals surface area (Å²) in [5.41, 5.74) is 6.47. The zero-order chi connectivity index (χ0) is 19.4. The summed E-state index contributed by atoms with van der Waals surface area (Å²) in [7, 11) is 0. The number of nitrogens with one attached hydrogen (secondary N) is 1. The predicted octanol–water partition coefficient (Wildman–Crippen LogP) is 5.22. The Kier molecular flexibility index (Phi) is 6.20. The molecule has 2 aromatic rings. The van der Waals surface area contributed by atoms with Gasteiger partial charge in [-0.05, 0) is 92.8 Å². The van der Waals surface area contributed by atoms with E-state index in [2.05, 4.69) is 37.4 Å². The fraction of sp³-hybridized carbons (Fsp3) is 0.458. The molecule has 0 aliphatic heterocycles. The van der Waals surface area contributed by atoms with Crippen molar-refractivity contribution in [3.05, 3.63) is 64.2 Å². The van der Waals surface area contributed by atoms with Gasteiger partial charge in [0.1, 0.15) is 5.75 Å². The molecule has 3 nitrogen and oxygen atoms in total. The van der Waals surface area contributed by atoms with Crippen molar-refractivity contribution in [2.45, 2.75) is 71.9 Å². The average molecular weight is 366 g/mol. The molecule has 2 atom stereocenters. The monoisotopic (exact) mass is 365 g/mol. The highest BCUT2D eigenvalue weighted by Crippen LogP contribution is 2.25. The fourth-order valence-corrected chi connectivity index (χ4v) is 3.69. The number of fused-ring (bicyclic) bond motifs is 1. The van der Waals surface area contributed by atoms with Gasteiger partial charge in [-0.3, -0.25) is 4.79 Å². The normalized spacial score (nSPS) is 15.6. The minimum Gasteiger partial charge on any atom is -0.481 e. The summed E-state index contributed by atoms with van der Waals surface area (Å²) in [6.07, 6.45) is 5.03. The first-order valence-electron chi connectivity index (χ1n) is 10.1. The molecule has 27 heavy (non-hydrogen) atoms. The minimum atomic E-state index is -0.479. The molecular weight excluding hydrogens is 334 g/mol. The first-order chi connectivity index (χ1) is 13.0. The molecule has 0 saturated carbocycles. The molecule has 0 fully saturated rings. The molecule has 0 radical (unpaired) electrons. The Labute approximate surface area is 163 Å². The third-order valence-electron chi connectivity index (χ3n) is 5.65. The predicted molar refractivity (Wildman–Crippen MR) is 110 cm³/mol. The molecule has 144 valence electrons. The van der Waals surface area contributed by atoms with Crippen LogP contribution in [0.25, 0.3) is 0 Å². The summed E-state index contributed by atoms with van der Waals surface area (Å²) in [5, 5.41) is 3.14. The molecule has 2 aromatic carbocycles. The second-order valence-corrected chi connectivity index (χ2v) is 7.73. The molecule has 1 amide bonds. The van der Waals surface area contributed by atoms with Gasteiger partial charge < -0.3 is 10.1 Å². The highest BCUT2D eigenvalue weighted by atomic mass is 16.5. The number of amides is 1. The molecule has 3 rings (SSSR count). The number of benzene rings is 2. The smallest absolute Gasteiger partial charge is 0.261 e. The van der Waals surface area contributed by atoms with Gasteiger partial charge in [0.2, 0.25) is 0 Å². The van der Waals surface area contributed by atoms with Crippen LogP contribution < -0.4 is 10.1 Å². The fourth-order valence-electron chi connectivity index (χ4n) is 3.69. The largest absolute Gasteiger partial charge is 0.481 e. The number of hydrogen-bond acceptors (Lipinski definition) is 2. The third-order valence-corrected chi connectivity index (χ3v) is 5.65. The second kappa shape index (κ2) is 8.60. The van der Waals surface area contributed by atoms with Crippen LogP contribution in [0.1, 0.15) is 67.0 Å². The Morgan fingerprint density at radius 3 is 2.48 bits per heavy atom. The SMILES string of the molecule is CC[C@H](Oc1ccc(C)c(C)c1)C(=O)N[C@H](C)c1ccc2c(c1)CCCC2. The maximum Gasteiger partial charge on any atom is 0.261 e. The van der Waals surface area contributed by atoms with Crippen molar-refractivity contribution in [3.8, 4) is 5.75 Å². The summed E-state index contributed by atoms with van der Waals surface area (Å²) in [6.45, 7) is 8.16. The van der Waals surface area contributed by atoms with Crippen LogP contribution in [-0.4, -0.2) is 12.0 Å². The molecule has 0 heterocycles. The van der Waals surface area contributed by atoms with Gasteiger partial charge >= 0.3 is 0 Å². The Hall–Kier alpha value is -2.29. The minimum absolute atomic E-state index is 0.0258.